The molecule has 1 N–H and O–H groups in total. The van der Waals surface area contributed by atoms with Crippen LogP contribution < -0.4 is 16.6 Å². The highest BCUT2D eigenvalue weighted by atomic mass is 35.5. The lowest BCUT2D eigenvalue weighted by Gasteiger charge is -2.10. The van der Waals surface area contributed by atoms with Crippen LogP contribution in [0.15, 0.2) is 76.4 Å². The molecule has 2 aromatic carbocycles. The third-order valence-electron chi connectivity index (χ3n) is 4.04. The van der Waals surface area contributed by atoms with Gasteiger partial charge in [0.2, 0.25) is 5.91 Å². The first-order valence-electron chi connectivity index (χ1n) is 8.38. The maximum absolute atomic E-state index is 12.6. The Morgan fingerprint density at radius 1 is 0.926 bits per heavy atom. The van der Waals surface area contributed by atoms with Crippen molar-refractivity contribution in [2.75, 3.05) is 0 Å². The molecule has 0 bridgehead atoms. The molecule has 1 amide bonds. The predicted octanol–water partition coefficient (Wildman–Crippen LogP) is 2.03. The van der Waals surface area contributed by atoms with Crippen LogP contribution in [-0.4, -0.2) is 15.0 Å². The molecule has 27 heavy (non-hydrogen) atoms. The van der Waals surface area contributed by atoms with Crippen molar-refractivity contribution in [2.45, 2.75) is 19.6 Å². The first kappa shape index (κ1) is 18.7. The van der Waals surface area contributed by atoms with Gasteiger partial charge < -0.3 is 5.32 Å². The van der Waals surface area contributed by atoms with Crippen LogP contribution in [-0.2, 0) is 24.4 Å². The molecule has 0 aliphatic carbocycles. The van der Waals surface area contributed by atoms with Crippen molar-refractivity contribution in [3.05, 3.63) is 104 Å². The number of rotatable bonds is 6. The molecular formula is C20H18ClN3O3. The van der Waals surface area contributed by atoms with Crippen molar-refractivity contribution in [3.63, 3.8) is 0 Å². The van der Waals surface area contributed by atoms with Crippen LogP contribution in [0.1, 0.15) is 11.1 Å². The van der Waals surface area contributed by atoms with Crippen molar-refractivity contribution >= 4 is 17.5 Å². The first-order chi connectivity index (χ1) is 13.0. The van der Waals surface area contributed by atoms with Crippen LogP contribution in [0.2, 0.25) is 5.02 Å². The van der Waals surface area contributed by atoms with E-state index in [4.69, 9.17) is 11.6 Å². The first-order valence-corrected chi connectivity index (χ1v) is 8.76. The summed E-state index contributed by atoms with van der Waals surface area (Å²) in [5.74, 6) is -0.415. The molecule has 0 atom stereocenters. The minimum Gasteiger partial charge on any atom is -0.350 e. The van der Waals surface area contributed by atoms with E-state index in [1.165, 1.54) is 16.8 Å². The summed E-state index contributed by atoms with van der Waals surface area (Å²) < 4.78 is 2.34. The highest BCUT2D eigenvalue weighted by molar-refractivity contribution is 6.30. The highest BCUT2D eigenvalue weighted by Gasteiger charge is 2.10. The molecule has 0 spiro atoms. The van der Waals surface area contributed by atoms with Crippen molar-refractivity contribution in [3.8, 4) is 0 Å². The predicted molar refractivity (Wildman–Crippen MR) is 104 cm³/mol. The molecule has 0 saturated carbocycles. The molecule has 0 saturated heterocycles. The van der Waals surface area contributed by atoms with Crippen LogP contribution >= 0.6 is 11.6 Å². The van der Waals surface area contributed by atoms with Gasteiger partial charge in [-0.3, -0.25) is 18.7 Å². The van der Waals surface area contributed by atoms with E-state index in [0.717, 1.165) is 15.7 Å². The number of amides is 1. The third-order valence-corrected chi connectivity index (χ3v) is 4.29. The zero-order valence-corrected chi connectivity index (χ0v) is 15.2. The second kappa shape index (κ2) is 8.51. The SMILES string of the molecule is O=C(Cn1c(=O)ccn(Cc2ccccc2)c1=O)NCc1ccc(Cl)cc1. The van der Waals surface area contributed by atoms with E-state index in [2.05, 4.69) is 5.32 Å². The molecule has 0 fully saturated rings. The highest BCUT2D eigenvalue weighted by Crippen LogP contribution is 2.09. The summed E-state index contributed by atoms with van der Waals surface area (Å²) in [6.45, 7) is 0.281. The number of aromatic nitrogens is 2. The van der Waals surface area contributed by atoms with Crippen molar-refractivity contribution in [1.29, 1.82) is 0 Å². The summed E-state index contributed by atoms with van der Waals surface area (Å²) in [6, 6.07) is 17.8. The quantitative estimate of drug-likeness (QED) is 0.707. The zero-order valence-electron chi connectivity index (χ0n) is 14.5. The number of hydrogen-bond donors (Lipinski definition) is 1. The van der Waals surface area contributed by atoms with E-state index in [9.17, 15) is 14.4 Å². The van der Waals surface area contributed by atoms with Crippen LogP contribution in [0.3, 0.4) is 0 Å². The Morgan fingerprint density at radius 2 is 1.63 bits per heavy atom. The monoisotopic (exact) mass is 383 g/mol. The van der Waals surface area contributed by atoms with Crippen molar-refractivity contribution in [2.24, 2.45) is 0 Å². The Balaban J connectivity index is 1.71. The molecule has 0 aliphatic heterocycles. The summed E-state index contributed by atoms with van der Waals surface area (Å²) in [7, 11) is 0. The second-order valence-corrected chi connectivity index (χ2v) is 6.48. The molecule has 3 rings (SSSR count). The van der Waals surface area contributed by atoms with E-state index in [0.29, 0.717) is 11.6 Å². The van der Waals surface area contributed by atoms with Gasteiger partial charge in [0.25, 0.3) is 5.56 Å². The molecule has 7 heteroatoms. The average Bonchev–Trinajstić information content (AvgIpc) is 2.68. The number of benzene rings is 2. The summed E-state index contributed by atoms with van der Waals surface area (Å²) in [5, 5.41) is 3.31. The second-order valence-electron chi connectivity index (χ2n) is 6.04. The van der Waals surface area contributed by atoms with E-state index in [1.54, 1.807) is 24.3 Å². The maximum Gasteiger partial charge on any atom is 0.331 e. The van der Waals surface area contributed by atoms with Crippen molar-refractivity contribution < 1.29 is 4.79 Å². The Morgan fingerprint density at radius 3 is 2.33 bits per heavy atom. The summed E-state index contributed by atoms with van der Waals surface area (Å²) in [6.07, 6.45) is 1.44. The molecule has 138 valence electrons. The molecule has 0 unspecified atom stereocenters. The topological polar surface area (TPSA) is 73.1 Å². The van der Waals surface area contributed by atoms with Crippen LogP contribution in [0, 0.1) is 0 Å². The maximum atomic E-state index is 12.6. The molecule has 1 heterocycles. The average molecular weight is 384 g/mol. The van der Waals surface area contributed by atoms with Gasteiger partial charge in [-0.2, -0.15) is 0 Å². The Bertz CT molecular complexity index is 1040. The minimum absolute atomic E-state index is 0.287. The van der Waals surface area contributed by atoms with E-state index in [1.807, 2.05) is 30.3 Å². The Kier molecular flexibility index (Phi) is 5.88. The van der Waals surface area contributed by atoms with E-state index >= 15 is 0 Å². The van der Waals surface area contributed by atoms with Gasteiger partial charge in [-0.15, -0.1) is 0 Å². The third kappa shape index (κ3) is 4.95. The zero-order chi connectivity index (χ0) is 19.2. The van der Waals surface area contributed by atoms with Gasteiger partial charge in [-0.05, 0) is 23.3 Å². The van der Waals surface area contributed by atoms with Gasteiger partial charge in [-0.25, -0.2) is 4.79 Å². The summed E-state index contributed by atoms with van der Waals surface area (Å²) >= 11 is 5.83. The van der Waals surface area contributed by atoms with Gasteiger partial charge in [0.15, 0.2) is 0 Å². The van der Waals surface area contributed by atoms with E-state index < -0.39 is 17.2 Å². The molecule has 3 aromatic rings. The van der Waals surface area contributed by atoms with Gasteiger partial charge >= 0.3 is 5.69 Å². The molecule has 6 nitrogen and oxygen atoms in total. The molecule has 0 radical (unpaired) electrons. The molecular weight excluding hydrogens is 366 g/mol. The van der Waals surface area contributed by atoms with Gasteiger partial charge in [-0.1, -0.05) is 54.1 Å². The van der Waals surface area contributed by atoms with Crippen LogP contribution in [0.4, 0.5) is 0 Å². The largest absolute Gasteiger partial charge is 0.350 e. The minimum atomic E-state index is -0.520. The van der Waals surface area contributed by atoms with Crippen LogP contribution in [0.25, 0.3) is 0 Å². The van der Waals surface area contributed by atoms with Gasteiger partial charge in [0, 0.05) is 23.8 Å². The lowest BCUT2D eigenvalue weighted by Crippen LogP contribution is -2.43. The standard InChI is InChI=1S/C20H18ClN3O3/c21-17-8-6-15(7-9-17)12-22-18(25)14-24-19(26)10-11-23(20(24)27)13-16-4-2-1-3-5-16/h1-11H,12-14H2,(H,22,25). The number of nitrogens with zero attached hydrogens (tertiary/aromatic N) is 2. The number of carbonyl (C=O) groups excluding carboxylic acids is 1. The normalized spacial score (nSPS) is 10.6. The number of nitrogens with one attached hydrogen (secondary N) is 1. The van der Waals surface area contributed by atoms with Crippen LogP contribution in [0.5, 0.6) is 0 Å². The Hall–Kier alpha value is -3.12. The number of carbonyl (C=O) groups is 1. The fourth-order valence-corrected chi connectivity index (χ4v) is 2.73. The lowest BCUT2D eigenvalue weighted by atomic mass is 10.2. The lowest BCUT2D eigenvalue weighted by molar-refractivity contribution is -0.121. The Labute approximate surface area is 160 Å². The fourth-order valence-electron chi connectivity index (χ4n) is 2.61. The van der Waals surface area contributed by atoms with Crippen molar-refractivity contribution in [1.82, 2.24) is 14.5 Å². The summed E-state index contributed by atoms with van der Waals surface area (Å²) in [5.41, 5.74) is 0.769. The number of halogens is 1. The van der Waals surface area contributed by atoms with Gasteiger partial charge in [0.1, 0.15) is 6.54 Å². The molecule has 0 aliphatic rings. The number of hydrogen-bond acceptors (Lipinski definition) is 3. The molecule has 1 aromatic heterocycles. The fraction of sp³-hybridized carbons (Fsp3) is 0.150. The summed E-state index contributed by atoms with van der Waals surface area (Å²) in [4.78, 5) is 36.8. The van der Waals surface area contributed by atoms with E-state index in [-0.39, 0.29) is 13.1 Å². The van der Waals surface area contributed by atoms with Gasteiger partial charge in [0.05, 0.1) is 6.54 Å². The smallest absolute Gasteiger partial charge is 0.331 e.